The van der Waals surface area contributed by atoms with Crippen molar-refractivity contribution < 1.29 is 4.42 Å². The molecule has 0 saturated carbocycles. The average Bonchev–Trinajstić information content (AvgIpc) is 3.02. The van der Waals surface area contributed by atoms with Crippen LogP contribution in [-0.4, -0.2) is 15.2 Å². The first-order chi connectivity index (χ1) is 10.2. The molecule has 2 aromatic heterocycles. The molecule has 0 aliphatic carbocycles. The molecule has 106 valence electrons. The molecular formula is C16H16N4O. The fraction of sp³-hybridized carbons (Fsp3) is 0.188. The van der Waals surface area contributed by atoms with Gasteiger partial charge >= 0.3 is 0 Å². The summed E-state index contributed by atoms with van der Waals surface area (Å²) in [6.45, 7) is 4.76. The van der Waals surface area contributed by atoms with Gasteiger partial charge in [-0.15, -0.1) is 10.2 Å². The summed E-state index contributed by atoms with van der Waals surface area (Å²) < 4.78 is 5.23. The van der Waals surface area contributed by atoms with Crippen LogP contribution in [0.3, 0.4) is 0 Å². The Labute approximate surface area is 123 Å². The Morgan fingerprint density at radius 1 is 1.14 bits per heavy atom. The van der Waals surface area contributed by atoms with Crippen LogP contribution in [0.2, 0.25) is 0 Å². The van der Waals surface area contributed by atoms with Crippen LogP contribution >= 0.6 is 0 Å². The number of aryl methyl sites for hydroxylation is 2. The lowest BCUT2D eigenvalue weighted by Crippen LogP contribution is -2.03. The van der Waals surface area contributed by atoms with E-state index in [0.717, 1.165) is 28.1 Å². The van der Waals surface area contributed by atoms with Gasteiger partial charge in [0.05, 0.1) is 12.2 Å². The van der Waals surface area contributed by atoms with E-state index in [9.17, 15) is 0 Å². The van der Waals surface area contributed by atoms with Crippen LogP contribution in [0.5, 0.6) is 0 Å². The molecule has 0 aliphatic rings. The SMILES string of the molecule is Cc1ccc(CNc2cc(-c3nnco3)ccc2C)nc1. The van der Waals surface area contributed by atoms with Crippen molar-refractivity contribution in [1.82, 2.24) is 15.2 Å². The number of pyridine rings is 1. The summed E-state index contributed by atoms with van der Waals surface area (Å²) in [6, 6.07) is 10.1. The van der Waals surface area contributed by atoms with Crippen LogP contribution in [0, 0.1) is 13.8 Å². The lowest BCUT2D eigenvalue weighted by molar-refractivity contribution is 0.568. The zero-order valence-electron chi connectivity index (χ0n) is 12.0. The summed E-state index contributed by atoms with van der Waals surface area (Å²) in [5.74, 6) is 0.520. The van der Waals surface area contributed by atoms with Gasteiger partial charge in [0.15, 0.2) is 0 Å². The van der Waals surface area contributed by atoms with Gasteiger partial charge in [-0.25, -0.2) is 0 Å². The summed E-state index contributed by atoms with van der Waals surface area (Å²) in [5, 5.41) is 11.0. The molecule has 0 saturated heterocycles. The smallest absolute Gasteiger partial charge is 0.247 e. The van der Waals surface area contributed by atoms with E-state index in [1.54, 1.807) is 0 Å². The van der Waals surface area contributed by atoms with Crippen molar-refractivity contribution in [2.45, 2.75) is 20.4 Å². The number of rotatable bonds is 4. The maximum atomic E-state index is 5.23. The molecule has 0 atom stereocenters. The number of hydrogen-bond donors (Lipinski definition) is 1. The highest BCUT2D eigenvalue weighted by Crippen LogP contribution is 2.24. The van der Waals surface area contributed by atoms with Crippen LogP contribution in [0.1, 0.15) is 16.8 Å². The third-order valence-corrected chi connectivity index (χ3v) is 3.28. The molecule has 0 spiro atoms. The maximum absolute atomic E-state index is 5.23. The third-order valence-electron chi connectivity index (χ3n) is 3.28. The van der Waals surface area contributed by atoms with E-state index in [0.29, 0.717) is 12.4 Å². The van der Waals surface area contributed by atoms with E-state index in [1.165, 1.54) is 6.39 Å². The van der Waals surface area contributed by atoms with Crippen molar-refractivity contribution >= 4 is 5.69 Å². The van der Waals surface area contributed by atoms with E-state index in [4.69, 9.17) is 4.42 Å². The van der Waals surface area contributed by atoms with Crippen molar-refractivity contribution in [2.75, 3.05) is 5.32 Å². The number of nitrogens with zero attached hydrogens (tertiary/aromatic N) is 3. The summed E-state index contributed by atoms with van der Waals surface area (Å²) in [6.07, 6.45) is 3.21. The number of aromatic nitrogens is 3. The monoisotopic (exact) mass is 280 g/mol. The molecule has 0 amide bonds. The summed E-state index contributed by atoms with van der Waals surface area (Å²) in [5.41, 5.74) is 5.26. The standard InChI is InChI=1S/C16H16N4O/c1-11-3-6-14(17-8-11)9-18-15-7-13(5-4-12(15)2)16-20-19-10-21-16/h3-8,10,18H,9H2,1-2H3. The van der Waals surface area contributed by atoms with E-state index in [-0.39, 0.29) is 0 Å². The van der Waals surface area contributed by atoms with Gasteiger partial charge in [0.1, 0.15) is 0 Å². The first kappa shape index (κ1) is 13.3. The predicted molar refractivity (Wildman–Crippen MR) is 80.8 cm³/mol. The topological polar surface area (TPSA) is 63.8 Å². The molecule has 0 fully saturated rings. The van der Waals surface area contributed by atoms with Crippen LogP contribution in [0.4, 0.5) is 5.69 Å². The molecule has 2 heterocycles. The van der Waals surface area contributed by atoms with Gasteiger partial charge in [0.25, 0.3) is 0 Å². The summed E-state index contributed by atoms with van der Waals surface area (Å²) in [7, 11) is 0. The minimum Gasteiger partial charge on any atom is -0.423 e. The summed E-state index contributed by atoms with van der Waals surface area (Å²) >= 11 is 0. The van der Waals surface area contributed by atoms with E-state index >= 15 is 0 Å². The zero-order valence-corrected chi connectivity index (χ0v) is 12.0. The predicted octanol–water partition coefficient (Wildman–Crippen LogP) is 3.36. The Bertz CT molecular complexity index is 721. The molecule has 1 N–H and O–H groups in total. The van der Waals surface area contributed by atoms with E-state index in [2.05, 4.69) is 33.5 Å². The Morgan fingerprint density at radius 3 is 2.76 bits per heavy atom. The number of anilines is 1. The van der Waals surface area contributed by atoms with Crippen molar-refractivity contribution in [3.63, 3.8) is 0 Å². The number of nitrogens with one attached hydrogen (secondary N) is 1. The Hall–Kier alpha value is -2.69. The highest BCUT2D eigenvalue weighted by molar-refractivity contribution is 5.64. The fourth-order valence-electron chi connectivity index (χ4n) is 2.03. The molecule has 0 unspecified atom stereocenters. The normalized spacial score (nSPS) is 10.6. The third kappa shape index (κ3) is 3.08. The van der Waals surface area contributed by atoms with Crippen LogP contribution in [-0.2, 0) is 6.54 Å². The molecule has 0 bridgehead atoms. The Morgan fingerprint density at radius 2 is 2.05 bits per heavy atom. The molecule has 21 heavy (non-hydrogen) atoms. The lowest BCUT2D eigenvalue weighted by atomic mass is 10.1. The van der Waals surface area contributed by atoms with Crippen LogP contribution < -0.4 is 5.32 Å². The molecule has 0 aliphatic heterocycles. The quantitative estimate of drug-likeness (QED) is 0.794. The van der Waals surface area contributed by atoms with Crippen LogP contribution in [0.15, 0.2) is 47.3 Å². The van der Waals surface area contributed by atoms with Gasteiger partial charge in [-0.3, -0.25) is 4.98 Å². The second-order valence-electron chi connectivity index (χ2n) is 4.95. The van der Waals surface area contributed by atoms with Crippen molar-refractivity contribution in [3.05, 3.63) is 59.7 Å². The van der Waals surface area contributed by atoms with Gasteiger partial charge in [-0.2, -0.15) is 0 Å². The molecule has 3 aromatic rings. The Balaban J connectivity index is 1.78. The molecule has 5 nitrogen and oxygen atoms in total. The molecule has 0 radical (unpaired) electrons. The second-order valence-corrected chi connectivity index (χ2v) is 4.95. The second kappa shape index (κ2) is 5.75. The molecule has 5 heteroatoms. The largest absolute Gasteiger partial charge is 0.423 e. The highest BCUT2D eigenvalue weighted by atomic mass is 16.4. The molecule has 1 aromatic carbocycles. The first-order valence-electron chi connectivity index (χ1n) is 6.75. The number of hydrogen-bond acceptors (Lipinski definition) is 5. The molecular weight excluding hydrogens is 264 g/mol. The fourth-order valence-corrected chi connectivity index (χ4v) is 2.03. The van der Waals surface area contributed by atoms with E-state index < -0.39 is 0 Å². The van der Waals surface area contributed by atoms with Gasteiger partial charge in [0, 0.05) is 17.4 Å². The Kier molecular flexibility index (Phi) is 3.64. The van der Waals surface area contributed by atoms with Crippen molar-refractivity contribution in [2.24, 2.45) is 0 Å². The van der Waals surface area contributed by atoms with Gasteiger partial charge in [-0.1, -0.05) is 12.1 Å². The minimum absolute atomic E-state index is 0.520. The van der Waals surface area contributed by atoms with Gasteiger partial charge in [-0.05, 0) is 43.2 Å². The van der Waals surface area contributed by atoms with Crippen molar-refractivity contribution in [1.29, 1.82) is 0 Å². The van der Waals surface area contributed by atoms with Crippen molar-refractivity contribution in [3.8, 4) is 11.5 Å². The minimum atomic E-state index is 0.520. The number of benzene rings is 1. The van der Waals surface area contributed by atoms with Gasteiger partial charge < -0.3 is 9.73 Å². The average molecular weight is 280 g/mol. The first-order valence-corrected chi connectivity index (χ1v) is 6.75. The van der Waals surface area contributed by atoms with Gasteiger partial charge in [0.2, 0.25) is 12.3 Å². The molecule has 3 rings (SSSR count). The lowest BCUT2D eigenvalue weighted by Gasteiger charge is -2.10. The van der Waals surface area contributed by atoms with E-state index in [1.807, 2.05) is 37.4 Å². The van der Waals surface area contributed by atoms with Crippen LogP contribution in [0.25, 0.3) is 11.5 Å². The highest BCUT2D eigenvalue weighted by Gasteiger charge is 2.06. The maximum Gasteiger partial charge on any atom is 0.247 e. The zero-order chi connectivity index (χ0) is 14.7. The summed E-state index contributed by atoms with van der Waals surface area (Å²) in [4.78, 5) is 4.39.